The van der Waals surface area contributed by atoms with Crippen molar-refractivity contribution >= 4 is 29.2 Å². The number of alkyl carbamates (subject to hydrolysis) is 1. The molecule has 1 aliphatic heterocycles. The Kier molecular flexibility index (Phi) is 11.8. The molecule has 0 radical (unpaired) electrons. The summed E-state index contributed by atoms with van der Waals surface area (Å²) in [7, 11) is 1.51. The molecule has 0 bridgehead atoms. The van der Waals surface area contributed by atoms with Gasteiger partial charge in [-0.1, -0.05) is 54.1 Å². The molecule has 3 aromatic rings. The molecule has 5 rings (SSSR count). The normalized spacial score (nSPS) is 16.5. The van der Waals surface area contributed by atoms with E-state index in [2.05, 4.69) is 15.5 Å². The molecule has 0 aromatic heterocycles. The predicted molar refractivity (Wildman–Crippen MR) is 183 cm³/mol. The van der Waals surface area contributed by atoms with E-state index >= 15 is 0 Å². The first-order chi connectivity index (χ1) is 22.8. The maximum absolute atomic E-state index is 13.9. The molecule has 0 unspecified atom stereocenters. The number of nitrogens with zero attached hydrogens (tertiary/aromatic N) is 1. The first-order valence-corrected chi connectivity index (χ1v) is 16.6. The predicted octanol–water partition coefficient (Wildman–Crippen LogP) is 5.61. The zero-order valence-electron chi connectivity index (χ0n) is 27.3. The Bertz CT molecular complexity index is 1570. The van der Waals surface area contributed by atoms with Crippen molar-refractivity contribution in [3.63, 3.8) is 0 Å². The van der Waals surface area contributed by atoms with Crippen molar-refractivity contribution in [1.29, 1.82) is 0 Å². The van der Waals surface area contributed by atoms with Crippen LogP contribution in [0.5, 0.6) is 11.5 Å². The van der Waals surface area contributed by atoms with Crippen LogP contribution in [0.3, 0.4) is 0 Å². The van der Waals surface area contributed by atoms with Gasteiger partial charge in [-0.05, 0) is 84.7 Å². The Hall–Kier alpha value is -4.05. The van der Waals surface area contributed by atoms with E-state index in [4.69, 9.17) is 25.8 Å². The zero-order chi connectivity index (χ0) is 33.3. The lowest BCUT2D eigenvalue weighted by atomic mass is 9.87. The molecule has 250 valence electrons. The number of benzene rings is 3. The van der Waals surface area contributed by atoms with Gasteiger partial charge in [0, 0.05) is 43.2 Å². The largest absolute Gasteiger partial charge is 0.490 e. The molecular formula is C37H44ClN3O6. The number of amides is 2. The number of halogens is 1. The fraction of sp³-hybridized carbons (Fsp3) is 0.405. The van der Waals surface area contributed by atoms with Gasteiger partial charge in [0.15, 0.2) is 0 Å². The highest BCUT2D eigenvalue weighted by Crippen LogP contribution is 2.38. The van der Waals surface area contributed by atoms with Crippen LogP contribution in [0.15, 0.2) is 66.2 Å². The third kappa shape index (κ3) is 8.86. The molecule has 1 fully saturated rings. The molecule has 3 aromatic carbocycles. The standard InChI is InChI=1S/C37H44ClN3O6/c1-24-5-4-6-25(2)35(24)46-20-19-45-30-12-8-27(9-13-30)31-15-17-41(29-10-11-29)33(23-42)34(31)36(43)40-22-28-21-26(7-14-32(28)38)16-18-47-37(44)39-3/h4-9,12-14,21,29,33,42H,10-11,15-20,22-23H2,1-3H3,(H,39,44)(H,40,43)/t33-/m1/s1. The highest BCUT2D eigenvalue weighted by molar-refractivity contribution is 6.31. The fourth-order valence-corrected chi connectivity index (χ4v) is 6.32. The van der Waals surface area contributed by atoms with Crippen molar-refractivity contribution in [1.82, 2.24) is 15.5 Å². The van der Waals surface area contributed by atoms with Crippen LogP contribution in [-0.4, -0.2) is 74.1 Å². The first-order valence-electron chi connectivity index (χ1n) is 16.2. The van der Waals surface area contributed by atoms with E-state index in [1.807, 2.05) is 68.4 Å². The Morgan fingerprint density at radius 3 is 2.38 bits per heavy atom. The van der Waals surface area contributed by atoms with Crippen LogP contribution >= 0.6 is 11.6 Å². The molecule has 3 N–H and O–H groups in total. The summed E-state index contributed by atoms with van der Waals surface area (Å²) in [5.41, 5.74) is 6.34. The third-order valence-corrected chi connectivity index (χ3v) is 9.07. The third-order valence-electron chi connectivity index (χ3n) is 8.70. The van der Waals surface area contributed by atoms with E-state index in [9.17, 15) is 14.7 Å². The van der Waals surface area contributed by atoms with Gasteiger partial charge in [0.25, 0.3) is 0 Å². The van der Waals surface area contributed by atoms with E-state index in [0.717, 1.165) is 64.3 Å². The minimum absolute atomic E-state index is 0.147. The van der Waals surface area contributed by atoms with Crippen LogP contribution in [0.25, 0.3) is 5.57 Å². The number of hydrogen-bond acceptors (Lipinski definition) is 7. The van der Waals surface area contributed by atoms with Gasteiger partial charge in [0.2, 0.25) is 5.91 Å². The number of para-hydroxylation sites is 1. The maximum atomic E-state index is 13.9. The van der Waals surface area contributed by atoms with Crippen LogP contribution in [-0.2, 0) is 22.5 Å². The van der Waals surface area contributed by atoms with Crippen molar-refractivity contribution < 1.29 is 28.9 Å². The summed E-state index contributed by atoms with van der Waals surface area (Å²) in [6, 6.07) is 19.4. The van der Waals surface area contributed by atoms with Gasteiger partial charge in [-0.15, -0.1) is 0 Å². The van der Waals surface area contributed by atoms with Crippen LogP contribution < -0.4 is 20.1 Å². The van der Waals surface area contributed by atoms with Crippen LogP contribution in [0, 0.1) is 13.8 Å². The molecule has 9 nitrogen and oxygen atoms in total. The topological polar surface area (TPSA) is 109 Å². The van der Waals surface area contributed by atoms with Crippen molar-refractivity contribution in [2.45, 2.75) is 58.2 Å². The SMILES string of the molecule is CNC(=O)OCCc1ccc(Cl)c(CNC(=O)C2=C(c3ccc(OCCOc4c(C)cccc4C)cc3)CCN(C3CC3)[C@@H]2CO)c1. The number of aryl methyl sites for hydroxylation is 2. The van der Waals surface area contributed by atoms with Crippen LogP contribution in [0.1, 0.15) is 47.1 Å². The molecule has 1 saturated carbocycles. The number of aliphatic hydroxyl groups is 1. The van der Waals surface area contributed by atoms with Crippen molar-refractivity contribution in [3.05, 3.63) is 99.1 Å². The molecule has 47 heavy (non-hydrogen) atoms. The van der Waals surface area contributed by atoms with E-state index < -0.39 is 12.1 Å². The highest BCUT2D eigenvalue weighted by Gasteiger charge is 2.40. The molecule has 1 aliphatic carbocycles. The number of nitrogens with one attached hydrogen (secondary N) is 2. The van der Waals surface area contributed by atoms with Gasteiger partial charge in [0.1, 0.15) is 24.7 Å². The Morgan fingerprint density at radius 1 is 0.979 bits per heavy atom. The number of rotatable bonds is 14. The van der Waals surface area contributed by atoms with Gasteiger partial charge in [0.05, 0.1) is 19.3 Å². The molecule has 1 heterocycles. The van der Waals surface area contributed by atoms with Gasteiger partial charge in [-0.2, -0.15) is 0 Å². The van der Waals surface area contributed by atoms with E-state index in [-0.39, 0.29) is 25.7 Å². The smallest absolute Gasteiger partial charge is 0.406 e. The second-order valence-corrected chi connectivity index (χ2v) is 12.4. The number of carbonyl (C=O) groups is 2. The highest BCUT2D eigenvalue weighted by atomic mass is 35.5. The zero-order valence-corrected chi connectivity index (χ0v) is 28.1. The Morgan fingerprint density at radius 2 is 1.70 bits per heavy atom. The Labute approximate surface area is 281 Å². The average Bonchev–Trinajstić information content (AvgIpc) is 3.93. The summed E-state index contributed by atoms with van der Waals surface area (Å²) in [6.45, 7) is 5.97. The molecule has 2 aliphatic rings. The minimum Gasteiger partial charge on any atom is -0.490 e. The average molecular weight is 662 g/mol. The fourth-order valence-electron chi connectivity index (χ4n) is 6.13. The summed E-state index contributed by atoms with van der Waals surface area (Å²) < 4.78 is 17.0. The Balaban J connectivity index is 1.28. The van der Waals surface area contributed by atoms with Crippen molar-refractivity contribution in [2.75, 3.05) is 40.0 Å². The van der Waals surface area contributed by atoms with Gasteiger partial charge in [-0.3, -0.25) is 9.69 Å². The second kappa shape index (κ2) is 16.2. The number of aliphatic hydroxyl groups excluding tert-OH is 1. The van der Waals surface area contributed by atoms with E-state index in [1.54, 1.807) is 6.07 Å². The van der Waals surface area contributed by atoms with Crippen molar-refractivity contribution in [2.24, 2.45) is 0 Å². The maximum Gasteiger partial charge on any atom is 0.406 e. The first kappa shape index (κ1) is 34.3. The van der Waals surface area contributed by atoms with Crippen LogP contribution in [0.4, 0.5) is 4.79 Å². The van der Waals surface area contributed by atoms with Crippen molar-refractivity contribution in [3.8, 4) is 11.5 Å². The lowest BCUT2D eigenvalue weighted by Gasteiger charge is -2.38. The van der Waals surface area contributed by atoms with Gasteiger partial charge in [-0.25, -0.2) is 4.79 Å². The second-order valence-electron chi connectivity index (χ2n) is 12.0. The summed E-state index contributed by atoms with van der Waals surface area (Å²) in [4.78, 5) is 27.6. The molecule has 1 atom stereocenters. The number of ether oxygens (including phenoxy) is 3. The summed E-state index contributed by atoms with van der Waals surface area (Å²) >= 11 is 6.50. The molecular weight excluding hydrogens is 618 g/mol. The molecule has 2 amide bonds. The summed E-state index contributed by atoms with van der Waals surface area (Å²) in [6.07, 6.45) is 2.88. The summed E-state index contributed by atoms with van der Waals surface area (Å²) in [5, 5.41) is 16.6. The quantitative estimate of drug-likeness (QED) is 0.193. The molecule has 0 saturated heterocycles. The van der Waals surface area contributed by atoms with E-state index in [0.29, 0.717) is 42.7 Å². The molecule has 0 spiro atoms. The van der Waals surface area contributed by atoms with Gasteiger partial charge >= 0.3 is 6.09 Å². The van der Waals surface area contributed by atoms with Gasteiger partial charge < -0.3 is 30.0 Å². The lowest BCUT2D eigenvalue weighted by molar-refractivity contribution is -0.118. The van der Waals surface area contributed by atoms with E-state index in [1.165, 1.54) is 7.05 Å². The minimum atomic E-state index is -0.484. The summed E-state index contributed by atoms with van der Waals surface area (Å²) in [5.74, 6) is 1.38. The monoisotopic (exact) mass is 661 g/mol. The molecule has 10 heteroatoms. The lowest BCUT2D eigenvalue weighted by Crippen LogP contribution is -2.48. The van der Waals surface area contributed by atoms with Crippen LogP contribution in [0.2, 0.25) is 5.02 Å². The number of carbonyl (C=O) groups excluding carboxylic acids is 2. The number of hydrogen-bond donors (Lipinski definition) is 3.